The van der Waals surface area contributed by atoms with Gasteiger partial charge in [-0.05, 0) is 6.08 Å². The van der Waals surface area contributed by atoms with Gasteiger partial charge in [0.05, 0.1) is 5.51 Å². The second kappa shape index (κ2) is 5.34. The van der Waals surface area contributed by atoms with E-state index in [-0.39, 0.29) is 5.57 Å². The van der Waals surface area contributed by atoms with Crippen LogP contribution in [-0.2, 0) is 4.79 Å². The minimum absolute atomic E-state index is 0.0319. The summed E-state index contributed by atoms with van der Waals surface area (Å²) < 4.78 is 0. The van der Waals surface area contributed by atoms with E-state index >= 15 is 0 Å². The topological polar surface area (TPSA) is 78.7 Å². The van der Waals surface area contributed by atoms with Gasteiger partial charge in [0, 0.05) is 22.7 Å². The molecule has 0 saturated heterocycles. The molecule has 1 amide bonds. The number of carbonyl (C=O) groups is 1. The number of amides is 1. The number of rotatable bonds is 3. The average Bonchev–Trinajstić information content (AvgIpc) is 2.97. The zero-order valence-corrected chi connectivity index (χ0v) is 10.1. The van der Waals surface area contributed by atoms with Gasteiger partial charge in [-0.2, -0.15) is 5.26 Å². The number of anilines is 1. The Bertz CT molecular complexity index is 566. The molecule has 0 unspecified atom stereocenters. The maximum atomic E-state index is 11.7. The van der Waals surface area contributed by atoms with Crippen LogP contribution in [0.1, 0.15) is 4.88 Å². The maximum absolute atomic E-state index is 11.7. The van der Waals surface area contributed by atoms with E-state index in [1.54, 1.807) is 23.3 Å². The van der Waals surface area contributed by atoms with Crippen LogP contribution in [0.4, 0.5) is 5.13 Å². The quantitative estimate of drug-likeness (QED) is 0.679. The fraction of sp³-hybridized carbons (Fsp3) is 0. The van der Waals surface area contributed by atoms with Crippen molar-refractivity contribution in [3.8, 4) is 6.07 Å². The molecule has 0 fully saturated rings. The lowest BCUT2D eigenvalue weighted by molar-refractivity contribution is -0.112. The van der Waals surface area contributed by atoms with Gasteiger partial charge in [0.15, 0.2) is 5.13 Å². The maximum Gasteiger partial charge on any atom is 0.268 e. The van der Waals surface area contributed by atoms with Crippen LogP contribution in [0.25, 0.3) is 6.08 Å². The molecule has 2 aromatic rings. The summed E-state index contributed by atoms with van der Waals surface area (Å²) in [6, 6.07) is 1.86. The van der Waals surface area contributed by atoms with Crippen LogP contribution >= 0.6 is 22.7 Å². The second-order valence-electron chi connectivity index (χ2n) is 2.86. The highest BCUT2D eigenvalue weighted by Gasteiger charge is 2.10. The first-order valence-electron chi connectivity index (χ1n) is 4.50. The van der Waals surface area contributed by atoms with Crippen molar-refractivity contribution in [2.24, 2.45) is 0 Å². The Morgan fingerprint density at radius 1 is 1.53 bits per heavy atom. The van der Waals surface area contributed by atoms with Gasteiger partial charge in [0.25, 0.3) is 5.91 Å². The third-order valence-electron chi connectivity index (χ3n) is 1.76. The fourth-order valence-corrected chi connectivity index (χ4v) is 2.11. The van der Waals surface area contributed by atoms with Gasteiger partial charge >= 0.3 is 0 Å². The van der Waals surface area contributed by atoms with Crippen LogP contribution < -0.4 is 5.32 Å². The van der Waals surface area contributed by atoms with Crippen LogP contribution in [0.3, 0.4) is 0 Å². The minimum Gasteiger partial charge on any atom is -0.297 e. The Balaban J connectivity index is 2.14. The molecule has 0 radical (unpaired) electrons. The molecule has 2 rings (SSSR count). The Labute approximate surface area is 105 Å². The molecule has 5 nitrogen and oxygen atoms in total. The number of hydrogen-bond acceptors (Lipinski definition) is 6. The minimum atomic E-state index is -0.462. The number of hydrogen-bond donors (Lipinski definition) is 1. The molecular weight excluding hydrogens is 256 g/mol. The van der Waals surface area contributed by atoms with E-state index in [1.807, 2.05) is 6.07 Å². The SMILES string of the molecule is N#C/C(=C\c1cncs1)C(=O)Nc1nccs1. The van der Waals surface area contributed by atoms with E-state index in [0.717, 1.165) is 4.88 Å². The third kappa shape index (κ3) is 2.96. The van der Waals surface area contributed by atoms with Crippen LogP contribution in [0.2, 0.25) is 0 Å². The van der Waals surface area contributed by atoms with Gasteiger partial charge in [-0.25, -0.2) is 4.98 Å². The molecule has 17 heavy (non-hydrogen) atoms. The summed E-state index contributed by atoms with van der Waals surface area (Å²) in [5, 5.41) is 13.7. The predicted molar refractivity (Wildman–Crippen MR) is 66.4 cm³/mol. The first-order chi connectivity index (χ1) is 8.29. The molecule has 0 atom stereocenters. The van der Waals surface area contributed by atoms with E-state index in [9.17, 15) is 4.79 Å². The summed E-state index contributed by atoms with van der Waals surface area (Å²) in [4.78, 5) is 20.3. The standard InChI is InChI=1S/C10H6N4OS2/c11-4-7(3-8-5-12-6-17-8)9(15)14-10-13-1-2-16-10/h1-3,5-6H,(H,13,14,15)/b7-3+. The smallest absolute Gasteiger partial charge is 0.268 e. The first kappa shape index (κ1) is 11.4. The highest BCUT2D eigenvalue weighted by Crippen LogP contribution is 2.14. The molecule has 0 aromatic carbocycles. The van der Waals surface area contributed by atoms with Crippen molar-refractivity contribution >= 4 is 39.8 Å². The molecule has 84 valence electrons. The normalized spacial score (nSPS) is 10.9. The summed E-state index contributed by atoms with van der Waals surface area (Å²) in [5.41, 5.74) is 1.67. The van der Waals surface area contributed by atoms with Crippen molar-refractivity contribution in [1.82, 2.24) is 9.97 Å². The monoisotopic (exact) mass is 262 g/mol. The molecule has 0 aliphatic heterocycles. The molecule has 0 aliphatic rings. The van der Waals surface area contributed by atoms with Gasteiger partial charge in [-0.15, -0.1) is 22.7 Å². The van der Waals surface area contributed by atoms with Gasteiger partial charge in [0.2, 0.25) is 0 Å². The highest BCUT2D eigenvalue weighted by molar-refractivity contribution is 7.13. The van der Waals surface area contributed by atoms with Crippen LogP contribution in [0.15, 0.2) is 28.9 Å². The van der Waals surface area contributed by atoms with E-state index in [2.05, 4.69) is 15.3 Å². The lowest BCUT2D eigenvalue weighted by Crippen LogP contribution is -2.12. The van der Waals surface area contributed by atoms with E-state index in [1.165, 1.54) is 28.7 Å². The molecule has 2 heterocycles. The lowest BCUT2D eigenvalue weighted by atomic mass is 10.2. The molecule has 2 aromatic heterocycles. The Hall–Kier alpha value is -2.04. The predicted octanol–water partition coefficient (Wildman–Crippen LogP) is 2.15. The largest absolute Gasteiger partial charge is 0.297 e. The van der Waals surface area contributed by atoms with Crippen molar-refractivity contribution in [3.63, 3.8) is 0 Å². The average molecular weight is 262 g/mol. The molecule has 1 N–H and O–H groups in total. The van der Waals surface area contributed by atoms with E-state index in [0.29, 0.717) is 5.13 Å². The summed E-state index contributed by atoms with van der Waals surface area (Å²) >= 11 is 2.66. The van der Waals surface area contributed by atoms with Crippen molar-refractivity contribution in [2.45, 2.75) is 0 Å². The molecule has 7 heteroatoms. The Morgan fingerprint density at radius 3 is 3.00 bits per heavy atom. The van der Waals surface area contributed by atoms with Crippen molar-refractivity contribution in [3.05, 3.63) is 33.7 Å². The van der Waals surface area contributed by atoms with E-state index < -0.39 is 5.91 Å². The molecule has 0 saturated carbocycles. The van der Waals surface area contributed by atoms with Crippen LogP contribution in [0.5, 0.6) is 0 Å². The zero-order valence-electron chi connectivity index (χ0n) is 8.45. The first-order valence-corrected chi connectivity index (χ1v) is 6.26. The van der Waals surface area contributed by atoms with Crippen LogP contribution in [0, 0.1) is 11.3 Å². The highest BCUT2D eigenvalue weighted by atomic mass is 32.1. The van der Waals surface area contributed by atoms with Gasteiger partial charge < -0.3 is 0 Å². The number of nitriles is 1. The number of aromatic nitrogens is 2. The zero-order chi connectivity index (χ0) is 12.1. The number of nitrogens with zero attached hydrogens (tertiary/aromatic N) is 3. The molecule has 0 spiro atoms. The summed E-state index contributed by atoms with van der Waals surface area (Å²) in [5.74, 6) is -0.462. The second-order valence-corrected chi connectivity index (χ2v) is 4.68. The number of thiazole rings is 2. The summed E-state index contributed by atoms with van der Waals surface area (Å²) in [6.45, 7) is 0. The fourth-order valence-electron chi connectivity index (χ4n) is 1.04. The molecule has 0 bridgehead atoms. The molecule has 0 aliphatic carbocycles. The van der Waals surface area contributed by atoms with Gasteiger partial charge in [0.1, 0.15) is 11.6 Å². The van der Waals surface area contributed by atoms with Crippen molar-refractivity contribution < 1.29 is 4.79 Å². The lowest BCUT2D eigenvalue weighted by Gasteiger charge is -1.98. The number of nitrogens with one attached hydrogen (secondary N) is 1. The number of carbonyl (C=O) groups excluding carboxylic acids is 1. The van der Waals surface area contributed by atoms with Crippen LogP contribution in [-0.4, -0.2) is 15.9 Å². The Kier molecular flexibility index (Phi) is 3.59. The van der Waals surface area contributed by atoms with Crippen molar-refractivity contribution in [1.29, 1.82) is 5.26 Å². The third-order valence-corrected chi connectivity index (χ3v) is 3.17. The Morgan fingerprint density at radius 2 is 2.41 bits per heavy atom. The summed E-state index contributed by atoms with van der Waals surface area (Å²) in [7, 11) is 0. The van der Waals surface area contributed by atoms with E-state index in [4.69, 9.17) is 5.26 Å². The van der Waals surface area contributed by atoms with Gasteiger partial charge in [-0.3, -0.25) is 15.1 Å². The molecular formula is C10H6N4OS2. The van der Waals surface area contributed by atoms with Gasteiger partial charge in [-0.1, -0.05) is 0 Å². The van der Waals surface area contributed by atoms with Crippen molar-refractivity contribution in [2.75, 3.05) is 5.32 Å². The summed E-state index contributed by atoms with van der Waals surface area (Å²) in [6.07, 6.45) is 4.68.